The van der Waals surface area contributed by atoms with Gasteiger partial charge in [-0.3, -0.25) is 19.5 Å². The van der Waals surface area contributed by atoms with E-state index < -0.39 is 5.66 Å². The number of carbonyl (C=O) groups excluding carboxylic acids is 2. The van der Waals surface area contributed by atoms with E-state index in [0.29, 0.717) is 38.2 Å². The lowest BCUT2D eigenvalue weighted by Gasteiger charge is -2.36. The Labute approximate surface area is 178 Å². The lowest BCUT2D eigenvalue weighted by atomic mass is 9.98. The Morgan fingerprint density at radius 2 is 1.79 bits per heavy atom. The first kappa shape index (κ1) is 19.8. The smallest absolute Gasteiger partial charge is 0.272 e. The van der Waals surface area contributed by atoms with Gasteiger partial charge in [-0.25, -0.2) is 0 Å². The van der Waals surface area contributed by atoms with E-state index in [1.165, 1.54) is 0 Å². The Kier molecular flexibility index (Phi) is 5.52. The number of hydrogen-bond acceptors (Lipinski definition) is 4. The molecule has 0 unspecified atom stereocenters. The lowest BCUT2D eigenvalue weighted by molar-refractivity contribution is -0.119. The van der Waals surface area contributed by atoms with Gasteiger partial charge in [0.2, 0.25) is 5.91 Å². The SMILES string of the molecule is Cc1ccc(C2=NC3(CCN(CC(=O)Nc4ccc(Br)cc4)CC3)NC2=O)cc1. The molecule has 0 bridgehead atoms. The second-order valence-electron chi connectivity index (χ2n) is 7.64. The number of piperidine rings is 1. The van der Waals surface area contributed by atoms with Gasteiger partial charge in [0.25, 0.3) is 5.91 Å². The van der Waals surface area contributed by atoms with Gasteiger partial charge in [-0.2, -0.15) is 0 Å². The molecule has 2 heterocycles. The highest BCUT2D eigenvalue weighted by molar-refractivity contribution is 9.10. The van der Waals surface area contributed by atoms with Crippen molar-refractivity contribution in [3.8, 4) is 0 Å². The number of aryl methyl sites for hydroxylation is 1. The molecule has 2 aromatic rings. The summed E-state index contributed by atoms with van der Waals surface area (Å²) in [7, 11) is 0. The minimum absolute atomic E-state index is 0.0393. The first-order chi connectivity index (χ1) is 13.9. The number of nitrogens with zero attached hydrogens (tertiary/aromatic N) is 2. The van der Waals surface area contributed by atoms with Crippen LogP contribution in [0.5, 0.6) is 0 Å². The summed E-state index contributed by atoms with van der Waals surface area (Å²) in [4.78, 5) is 31.7. The fourth-order valence-electron chi connectivity index (χ4n) is 3.73. The highest BCUT2D eigenvalue weighted by Crippen LogP contribution is 2.29. The fraction of sp³-hybridized carbons (Fsp3) is 0.318. The number of nitrogens with one attached hydrogen (secondary N) is 2. The van der Waals surface area contributed by atoms with Gasteiger partial charge < -0.3 is 10.6 Å². The molecule has 1 fully saturated rings. The van der Waals surface area contributed by atoms with Crippen molar-refractivity contribution in [1.29, 1.82) is 0 Å². The molecule has 2 aliphatic rings. The number of benzene rings is 2. The zero-order valence-electron chi connectivity index (χ0n) is 16.2. The van der Waals surface area contributed by atoms with Gasteiger partial charge in [0.1, 0.15) is 11.4 Å². The normalized spacial score (nSPS) is 18.4. The van der Waals surface area contributed by atoms with Crippen molar-refractivity contribution in [2.24, 2.45) is 4.99 Å². The maximum Gasteiger partial charge on any atom is 0.272 e. The number of halogens is 1. The van der Waals surface area contributed by atoms with Gasteiger partial charge in [-0.15, -0.1) is 0 Å². The fourth-order valence-corrected chi connectivity index (χ4v) is 3.99. The minimum Gasteiger partial charge on any atom is -0.326 e. The molecule has 2 aliphatic heterocycles. The number of likely N-dealkylation sites (tertiary alicyclic amines) is 1. The average molecular weight is 455 g/mol. The molecule has 2 N–H and O–H groups in total. The van der Waals surface area contributed by atoms with Crippen LogP contribution < -0.4 is 10.6 Å². The number of amides is 2. The van der Waals surface area contributed by atoms with E-state index in [0.717, 1.165) is 21.3 Å². The predicted molar refractivity (Wildman–Crippen MR) is 117 cm³/mol. The number of aliphatic imine (C=N–C) groups is 1. The summed E-state index contributed by atoms with van der Waals surface area (Å²) >= 11 is 3.39. The Morgan fingerprint density at radius 1 is 1.14 bits per heavy atom. The average Bonchev–Trinajstić information content (AvgIpc) is 3.02. The molecule has 1 spiro atoms. The maximum atomic E-state index is 12.5. The van der Waals surface area contributed by atoms with Crippen LogP contribution in [0.2, 0.25) is 0 Å². The van der Waals surface area contributed by atoms with Crippen LogP contribution in [0.1, 0.15) is 24.0 Å². The Balaban J connectivity index is 1.35. The lowest BCUT2D eigenvalue weighted by Crippen LogP contribution is -2.52. The monoisotopic (exact) mass is 454 g/mol. The topological polar surface area (TPSA) is 73.8 Å². The van der Waals surface area contributed by atoms with Gasteiger partial charge in [0.15, 0.2) is 0 Å². The highest BCUT2D eigenvalue weighted by atomic mass is 79.9. The maximum absolute atomic E-state index is 12.5. The summed E-state index contributed by atoms with van der Waals surface area (Å²) in [5.74, 6) is -0.155. The van der Waals surface area contributed by atoms with Crippen LogP contribution in [-0.2, 0) is 9.59 Å². The second kappa shape index (κ2) is 8.08. The highest BCUT2D eigenvalue weighted by Gasteiger charge is 2.42. The van der Waals surface area contributed by atoms with Crippen LogP contribution in [0, 0.1) is 6.92 Å². The van der Waals surface area contributed by atoms with E-state index in [1.807, 2.05) is 55.5 Å². The zero-order valence-corrected chi connectivity index (χ0v) is 17.8. The minimum atomic E-state index is -0.546. The molecule has 0 radical (unpaired) electrons. The van der Waals surface area contributed by atoms with Gasteiger partial charge in [0, 0.05) is 41.7 Å². The van der Waals surface area contributed by atoms with E-state index in [-0.39, 0.29) is 11.8 Å². The number of anilines is 1. The van der Waals surface area contributed by atoms with Gasteiger partial charge >= 0.3 is 0 Å². The summed E-state index contributed by atoms with van der Waals surface area (Å²) in [6, 6.07) is 15.4. The van der Waals surface area contributed by atoms with Crippen LogP contribution in [0.4, 0.5) is 5.69 Å². The van der Waals surface area contributed by atoms with Crippen LogP contribution in [-0.4, -0.2) is 47.7 Å². The molecule has 0 saturated carbocycles. The Morgan fingerprint density at radius 3 is 2.45 bits per heavy atom. The van der Waals surface area contributed by atoms with Crippen molar-refractivity contribution in [1.82, 2.24) is 10.2 Å². The quantitative estimate of drug-likeness (QED) is 0.744. The van der Waals surface area contributed by atoms with Gasteiger partial charge in [-0.05, 0) is 31.2 Å². The van der Waals surface area contributed by atoms with Crippen LogP contribution >= 0.6 is 15.9 Å². The van der Waals surface area contributed by atoms with Crippen molar-refractivity contribution in [3.63, 3.8) is 0 Å². The summed E-state index contributed by atoms with van der Waals surface area (Å²) in [6.07, 6.45) is 1.39. The molecule has 0 aromatic heterocycles. The number of carbonyl (C=O) groups is 2. The summed E-state index contributed by atoms with van der Waals surface area (Å²) in [5.41, 5.74) is 2.74. The van der Waals surface area contributed by atoms with Crippen LogP contribution in [0.15, 0.2) is 58.0 Å². The molecule has 4 rings (SSSR count). The van der Waals surface area contributed by atoms with E-state index in [9.17, 15) is 9.59 Å². The summed E-state index contributed by atoms with van der Waals surface area (Å²) < 4.78 is 0.973. The molecule has 0 atom stereocenters. The number of hydrogen-bond donors (Lipinski definition) is 2. The molecule has 0 aliphatic carbocycles. The third kappa shape index (κ3) is 4.57. The van der Waals surface area contributed by atoms with Gasteiger partial charge in [-0.1, -0.05) is 45.8 Å². The summed E-state index contributed by atoms with van der Waals surface area (Å²) in [5, 5.41) is 6.00. The van der Waals surface area contributed by atoms with Crippen LogP contribution in [0.3, 0.4) is 0 Å². The van der Waals surface area contributed by atoms with Crippen LogP contribution in [0.25, 0.3) is 0 Å². The van der Waals surface area contributed by atoms with Crippen molar-refractivity contribution in [2.75, 3.05) is 25.0 Å². The Bertz CT molecular complexity index is 946. The second-order valence-corrected chi connectivity index (χ2v) is 8.56. The first-order valence-electron chi connectivity index (χ1n) is 9.70. The predicted octanol–water partition coefficient (Wildman–Crippen LogP) is 3.11. The van der Waals surface area contributed by atoms with Crippen molar-refractivity contribution in [2.45, 2.75) is 25.4 Å². The standard InChI is InChI=1S/C22H23BrN4O2/c1-15-2-4-16(5-3-15)20-21(29)26-22(25-20)10-12-27(13-11-22)14-19(28)24-18-8-6-17(23)7-9-18/h2-9H,10-14H2,1H3,(H,24,28)(H,26,29). The largest absolute Gasteiger partial charge is 0.326 e. The Hall–Kier alpha value is -2.51. The van der Waals surface area contributed by atoms with E-state index in [4.69, 9.17) is 4.99 Å². The van der Waals surface area contributed by atoms with Crippen molar-refractivity contribution >= 4 is 39.1 Å². The first-order valence-corrected chi connectivity index (χ1v) is 10.5. The third-order valence-corrected chi connectivity index (χ3v) is 5.92. The molecule has 7 heteroatoms. The summed E-state index contributed by atoms with van der Waals surface area (Å²) in [6.45, 7) is 3.76. The van der Waals surface area contributed by atoms with E-state index in [2.05, 4.69) is 31.5 Å². The molecule has 2 amide bonds. The van der Waals surface area contributed by atoms with Crippen molar-refractivity contribution < 1.29 is 9.59 Å². The molecule has 1 saturated heterocycles. The molecule has 6 nitrogen and oxygen atoms in total. The zero-order chi connectivity index (χ0) is 20.4. The number of rotatable bonds is 4. The van der Waals surface area contributed by atoms with E-state index >= 15 is 0 Å². The van der Waals surface area contributed by atoms with E-state index in [1.54, 1.807) is 0 Å². The third-order valence-electron chi connectivity index (χ3n) is 5.39. The molecule has 29 heavy (non-hydrogen) atoms. The van der Waals surface area contributed by atoms with Crippen molar-refractivity contribution in [3.05, 3.63) is 64.1 Å². The molecule has 2 aromatic carbocycles. The molecule has 150 valence electrons. The molecular weight excluding hydrogens is 432 g/mol. The van der Waals surface area contributed by atoms with Gasteiger partial charge in [0.05, 0.1) is 6.54 Å². The molecular formula is C22H23BrN4O2.